The Bertz CT molecular complexity index is 324. The molecule has 88 valence electrons. The molecule has 0 aromatic heterocycles. The van der Waals surface area contributed by atoms with Crippen molar-refractivity contribution in [1.82, 2.24) is 10.6 Å². The fourth-order valence-electron chi connectivity index (χ4n) is 1.43. The van der Waals surface area contributed by atoms with E-state index in [9.17, 15) is 4.79 Å². The summed E-state index contributed by atoms with van der Waals surface area (Å²) in [6.45, 7) is 4.22. The van der Waals surface area contributed by atoms with E-state index in [0.717, 1.165) is 5.56 Å². The van der Waals surface area contributed by atoms with Gasteiger partial charge in [-0.1, -0.05) is 30.3 Å². The molecule has 1 aromatic rings. The normalized spacial score (nSPS) is 12.2. The van der Waals surface area contributed by atoms with Gasteiger partial charge in [0.25, 0.3) is 0 Å². The zero-order chi connectivity index (χ0) is 12.0. The van der Waals surface area contributed by atoms with Crippen molar-refractivity contribution >= 4 is 6.03 Å². The molecule has 1 unspecified atom stereocenters. The Morgan fingerprint density at radius 3 is 2.38 bits per heavy atom. The quantitative estimate of drug-likeness (QED) is 0.719. The van der Waals surface area contributed by atoms with Crippen molar-refractivity contribution in [1.29, 1.82) is 0 Å². The molecule has 1 atom stereocenters. The third kappa shape index (κ3) is 3.90. The van der Waals surface area contributed by atoms with Gasteiger partial charge in [-0.3, -0.25) is 0 Å². The van der Waals surface area contributed by atoms with Crippen molar-refractivity contribution in [3.63, 3.8) is 0 Å². The summed E-state index contributed by atoms with van der Waals surface area (Å²) in [5.41, 5.74) is 6.66. The third-order valence-corrected chi connectivity index (χ3v) is 2.16. The van der Waals surface area contributed by atoms with Crippen LogP contribution < -0.4 is 16.4 Å². The highest BCUT2D eigenvalue weighted by atomic mass is 16.2. The van der Waals surface area contributed by atoms with Gasteiger partial charge in [0.05, 0.1) is 6.04 Å². The molecular weight excluding hydrogens is 202 g/mol. The van der Waals surface area contributed by atoms with Gasteiger partial charge in [-0.15, -0.1) is 0 Å². The topological polar surface area (TPSA) is 67.2 Å². The molecule has 1 aromatic carbocycles. The average Bonchev–Trinajstić information content (AvgIpc) is 2.26. The predicted molar refractivity (Wildman–Crippen MR) is 65.0 cm³/mol. The Labute approximate surface area is 96.2 Å². The fourth-order valence-corrected chi connectivity index (χ4v) is 1.43. The second kappa shape index (κ2) is 6.12. The van der Waals surface area contributed by atoms with E-state index >= 15 is 0 Å². The zero-order valence-electron chi connectivity index (χ0n) is 9.73. The second-order valence-electron chi connectivity index (χ2n) is 3.97. The first kappa shape index (κ1) is 12.5. The van der Waals surface area contributed by atoms with Crippen LogP contribution in [0.15, 0.2) is 30.3 Å². The van der Waals surface area contributed by atoms with Crippen molar-refractivity contribution in [2.24, 2.45) is 5.73 Å². The minimum absolute atomic E-state index is 0.120. The van der Waals surface area contributed by atoms with E-state index < -0.39 is 0 Å². The maximum absolute atomic E-state index is 11.5. The van der Waals surface area contributed by atoms with Gasteiger partial charge in [0.2, 0.25) is 0 Å². The monoisotopic (exact) mass is 221 g/mol. The summed E-state index contributed by atoms with van der Waals surface area (Å²) in [4.78, 5) is 11.5. The number of amides is 2. The minimum Gasteiger partial charge on any atom is -0.336 e. The van der Waals surface area contributed by atoms with Gasteiger partial charge < -0.3 is 16.4 Å². The fraction of sp³-hybridized carbons (Fsp3) is 0.417. The summed E-state index contributed by atoms with van der Waals surface area (Å²) in [6, 6.07) is 9.49. The summed E-state index contributed by atoms with van der Waals surface area (Å²) in [5, 5.41) is 5.61. The van der Waals surface area contributed by atoms with Crippen LogP contribution >= 0.6 is 0 Å². The van der Waals surface area contributed by atoms with Crippen LogP contribution in [0.4, 0.5) is 4.79 Å². The molecule has 4 nitrogen and oxygen atoms in total. The van der Waals surface area contributed by atoms with E-state index in [4.69, 9.17) is 5.73 Å². The van der Waals surface area contributed by atoms with Crippen LogP contribution in [0.25, 0.3) is 0 Å². The Morgan fingerprint density at radius 2 is 1.88 bits per heavy atom. The molecule has 0 aliphatic heterocycles. The second-order valence-corrected chi connectivity index (χ2v) is 3.97. The summed E-state index contributed by atoms with van der Waals surface area (Å²) >= 11 is 0. The predicted octanol–water partition coefficient (Wildman–Crippen LogP) is 1.39. The number of rotatable bonds is 4. The molecule has 0 heterocycles. The summed E-state index contributed by atoms with van der Waals surface area (Å²) in [6.07, 6.45) is 0. The number of urea groups is 1. The Balaban J connectivity index is 2.59. The maximum Gasteiger partial charge on any atom is 0.315 e. The Morgan fingerprint density at radius 1 is 1.25 bits per heavy atom. The molecule has 0 bridgehead atoms. The van der Waals surface area contributed by atoms with Crippen molar-refractivity contribution < 1.29 is 4.79 Å². The zero-order valence-corrected chi connectivity index (χ0v) is 9.73. The van der Waals surface area contributed by atoms with Crippen LogP contribution in [-0.2, 0) is 0 Å². The molecule has 4 heteroatoms. The van der Waals surface area contributed by atoms with Crippen LogP contribution in [0.2, 0.25) is 0 Å². The Hall–Kier alpha value is -1.55. The maximum atomic E-state index is 11.5. The highest BCUT2D eigenvalue weighted by Crippen LogP contribution is 2.10. The van der Waals surface area contributed by atoms with Gasteiger partial charge in [0.15, 0.2) is 0 Å². The number of hydrogen-bond acceptors (Lipinski definition) is 2. The van der Waals surface area contributed by atoms with Crippen molar-refractivity contribution in [2.45, 2.75) is 25.9 Å². The van der Waals surface area contributed by atoms with E-state index in [-0.39, 0.29) is 18.1 Å². The summed E-state index contributed by atoms with van der Waals surface area (Å²) < 4.78 is 0. The van der Waals surface area contributed by atoms with E-state index in [1.54, 1.807) is 0 Å². The van der Waals surface area contributed by atoms with E-state index in [1.807, 2.05) is 44.2 Å². The van der Waals surface area contributed by atoms with Crippen LogP contribution in [0.3, 0.4) is 0 Å². The minimum atomic E-state index is -0.186. The highest BCUT2D eigenvalue weighted by Gasteiger charge is 2.12. The van der Waals surface area contributed by atoms with Gasteiger partial charge in [-0.05, 0) is 19.4 Å². The molecule has 16 heavy (non-hydrogen) atoms. The molecule has 0 aliphatic carbocycles. The molecule has 0 spiro atoms. The van der Waals surface area contributed by atoms with Gasteiger partial charge in [0, 0.05) is 12.6 Å². The van der Waals surface area contributed by atoms with Crippen molar-refractivity contribution in [3.8, 4) is 0 Å². The molecule has 4 N–H and O–H groups in total. The first-order valence-corrected chi connectivity index (χ1v) is 5.45. The lowest BCUT2D eigenvalue weighted by atomic mass is 10.1. The molecule has 2 amide bonds. The smallest absolute Gasteiger partial charge is 0.315 e. The van der Waals surface area contributed by atoms with Crippen LogP contribution in [0, 0.1) is 0 Å². The molecule has 0 fully saturated rings. The van der Waals surface area contributed by atoms with Gasteiger partial charge >= 0.3 is 6.03 Å². The standard InChI is InChI=1S/C12H19N3O/c1-9(2)14-12(16)15-11(8-13)10-6-4-3-5-7-10/h3-7,9,11H,8,13H2,1-2H3,(H2,14,15,16). The molecule has 0 radical (unpaired) electrons. The molecule has 1 rings (SSSR count). The SMILES string of the molecule is CC(C)NC(=O)NC(CN)c1ccccc1. The molecule has 0 aliphatic rings. The largest absolute Gasteiger partial charge is 0.336 e. The van der Waals surface area contributed by atoms with Crippen molar-refractivity contribution in [2.75, 3.05) is 6.54 Å². The van der Waals surface area contributed by atoms with Crippen LogP contribution in [0.5, 0.6) is 0 Å². The van der Waals surface area contributed by atoms with Crippen molar-refractivity contribution in [3.05, 3.63) is 35.9 Å². The molecule has 0 saturated carbocycles. The van der Waals surface area contributed by atoms with E-state index in [0.29, 0.717) is 6.54 Å². The average molecular weight is 221 g/mol. The van der Waals surface area contributed by atoms with Gasteiger partial charge in [0.1, 0.15) is 0 Å². The van der Waals surface area contributed by atoms with Gasteiger partial charge in [-0.25, -0.2) is 4.79 Å². The van der Waals surface area contributed by atoms with Crippen LogP contribution in [-0.4, -0.2) is 18.6 Å². The number of nitrogens with one attached hydrogen (secondary N) is 2. The number of hydrogen-bond donors (Lipinski definition) is 3. The van der Waals surface area contributed by atoms with Gasteiger partial charge in [-0.2, -0.15) is 0 Å². The lowest BCUT2D eigenvalue weighted by molar-refractivity contribution is 0.235. The molecule has 0 saturated heterocycles. The first-order valence-electron chi connectivity index (χ1n) is 5.45. The number of nitrogens with two attached hydrogens (primary N) is 1. The van der Waals surface area contributed by atoms with E-state index in [1.165, 1.54) is 0 Å². The summed E-state index contributed by atoms with van der Waals surface area (Å²) in [5.74, 6) is 0. The summed E-state index contributed by atoms with van der Waals surface area (Å²) in [7, 11) is 0. The highest BCUT2D eigenvalue weighted by molar-refractivity contribution is 5.74. The lowest BCUT2D eigenvalue weighted by Gasteiger charge is -2.18. The lowest BCUT2D eigenvalue weighted by Crippen LogP contribution is -2.43. The number of carbonyl (C=O) groups is 1. The van der Waals surface area contributed by atoms with E-state index in [2.05, 4.69) is 10.6 Å². The third-order valence-electron chi connectivity index (χ3n) is 2.16. The number of carbonyl (C=O) groups excluding carboxylic acids is 1. The Kier molecular flexibility index (Phi) is 4.79. The first-order chi connectivity index (χ1) is 7.63. The van der Waals surface area contributed by atoms with Crippen LogP contribution in [0.1, 0.15) is 25.5 Å². The molecular formula is C12H19N3O. The number of benzene rings is 1.